The second kappa shape index (κ2) is 7.63. The van der Waals surface area contributed by atoms with E-state index >= 15 is 0 Å². The Balaban J connectivity index is 1.72. The van der Waals surface area contributed by atoms with Gasteiger partial charge in [-0.2, -0.15) is 0 Å². The van der Waals surface area contributed by atoms with E-state index in [2.05, 4.69) is 10.3 Å². The zero-order valence-electron chi connectivity index (χ0n) is 15.9. The standard InChI is InChI=1S/C18H20FN5O3S/c1-10-5-6-12(11(19)9-10)20-13(25)7-8-28-17-21-14-15(22(17)2)23(3)18(27)24(4)16(14)26/h5-6,9H,7-8H2,1-4H3,(H,20,25). The van der Waals surface area contributed by atoms with Gasteiger partial charge in [-0.25, -0.2) is 14.2 Å². The van der Waals surface area contributed by atoms with Crippen LogP contribution in [-0.2, 0) is 25.9 Å². The van der Waals surface area contributed by atoms with E-state index in [-0.39, 0.29) is 23.5 Å². The summed E-state index contributed by atoms with van der Waals surface area (Å²) >= 11 is 1.28. The number of benzene rings is 1. The summed E-state index contributed by atoms with van der Waals surface area (Å²) in [6.45, 7) is 1.77. The third kappa shape index (κ3) is 3.59. The van der Waals surface area contributed by atoms with Crippen molar-refractivity contribution in [3.05, 3.63) is 50.4 Å². The normalized spacial score (nSPS) is 11.2. The molecule has 0 radical (unpaired) electrons. The fraction of sp³-hybridized carbons (Fsp3) is 0.333. The molecule has 0 spiro atoms. The maximum Gasteiger partial charge on any atom is 0.332 e. The largest absolute Gasteiger partial charge is 0.332 e. The minimum absolute atomic E-state index is 0.137. The molecule has 1 N–H and O–H groups in total. The molecular weight excluding hydrogens is 385 g/mol. The number of anilines is 1. The number of rotatable bonds is 5. The Bertz CT molecular complexity index is 1190. The van der Waals surface area contributed by atoms with Gasteiger partial charge in [0.05, 0.1) is 5.69 Å². The summed E-state index contributed by atoms with van der Waals surface area (Å²) in [4.78, 5) is 40.8. The number of amides is 1. The Morgan fingerprint density at radius 2 is 1.89 bits per heavy atom. The SMILES string of the molecule is Cc1ccc(NC(=O)CCSc2nc3c(=O)n(C)c(=O)n(C)c3n2C)c(F)c1. The minimum Gasteiger partial charge on any atom is -0.324 e. The van der Waals surface area contributed by atoms with Gasteiger partial charge in [0.15, 0.2) is 16.3 Å². The molecule has 10 heteroatoms. The number of hydrogen-bond acceptors (Lipinski definition) is 5. The van der Waals surface area contributed by atoms with Crippen molar-refractivity contribution in [2.75, 3.05) is 11.1 Å². The van der Waals surface area contributed by atoms with Crippen molar-refractivity contribution in [1.82, 2.24) is 18.7 Å². The summed E-state index contributed by atoms with van der Waals surface area (Å²) in [6, 6.07) is 4.60. The number of carbonyl (C=O) groups excluding carboxylic acids is 1. The van der Waals surface area contributed by atoms with Crippen molar-refractivity contribution in [3.8, 4) is 0 Å². The van der Waals surface area contributed by atoms with Crippen LogP contribution in [0.3, 0.4) is 0 Å². The summed E-state index contributed by atoms with van der Waals surface area (Å²) < 4.78 is 17.8. The highest BCUT2D eigenvalue weighted by Gasteiger charge is 2.17. The van der Waals surface area contributed by atoms with Gasteiger partial charge in [-0.05, 0) is 24.6 Å². The Morgan fingerprint density at radius 3 is 2.57 bits per heavy atom. The van der Waals surface area contributed by atoms with E-state index in [1.807, 2.05) is 0 Å². The van der Waals surface area contributed by atoms with Crippen LogP contribution in [0, 0.1) is 12.7 Å². The maximum absolute atomic E-state index is 13.8. The summed E-state index contributed by atoms with van der Waals surface area (Å²) in [6.07, 6.45) is 0.137. The number of imidazole rings is 1. The van der Waals surface area contributed by atoms with Crippen LogP contribution in [-0.4, -0.2) is 30.3 Å². The number of thioether (sulfide) groups is 1. The number of aryl methyl sites for hydroxylation is 3. The van der Waals surface area contributed by atoms with Crippen LogP contribution in [0.1, 0.15) is 12.0 Å². The number of nitrogens with one attached hydrogen (secondary N) is 1. The lowest BCUT2D eigenvalue weighted by Gasteiger charge is -2.07. The fourth-order valence-corrected chi connectivity index (χ4v) is 3.76. The average molecular weight is 405 g/mol. The van der Waals surface area contributed by atoms with Crippen molar-refractivity contribution < 1.29 is 9.18 Å². The van der Waals surface area contributed by atoms with E-state index in [4.69, 9.17) is 0 Å². The van der Waals surface area contributed by atoms with Crippen molar-refractivity contribution in [2.24, 2.45) is 21.1 Å². The zero-order chi connectivity index (χ0) is 20.6. The van der Waals surface area contributed by atoms with E-state index in [9.17, 15) is 18.8 Å². The molecule has 8 nitrogen and oxygen atoms in total. The van der Waals surface area contributed by atoms with Gasteiger partial charge in [0.2, 0.25) is 5.91 Å². The number of hydrogen-bond donors (Lipinski definition) is 1. The van der Waals surface area contributed by atoms with Gasteiger partial charge in [-0.1, -0.05) is 17.8 Å². The van der Waals surface area contributed by atoms with Crippen LogP contribution in [0.4, 0.5) is 10.1 Å². The predicted molar refractivity (Wildman–Crippen MR) is 106 cm³/mol. The van der Waals surface area contributed by atoms with Crippen molar-refractivity contribution in [2.45, 2.75) is 18.5 Å². The first-order valence-electron chi connectivity index (χ1n) is 8.52. The van der Waals surface area contributed by atoms with Crippen LogP contribution in [0.2, 0.25) is 0 Å². The van der Waals surface area contributed by atoms with Gasteiger partial charge in [-0.15, -0.1) is 0 Å². The van der Waals surface area contributed by atoms with Crippen LogP contribution >= 0.6 is 11.8 Å². The van der Waals surface area contributed by atoms with E-state index in [1.54, 1.807) is 31.7 Å². The maximum atomic E-state index is 13.8. The Morgan fingerprint density at radius 1 is 1.18 bits per heavy atom. The molecule has 0 saturated heterocycles. The molecule has 0 fully saturated rings. The van der Waals surface area contributed by atoms with Crippen molar-refractivity contribution in [3.63, 3.8) is 0 Å². The number of carbonyl (C=O) groups is 1. The monoisotopic (exact) mass is 405 g/mol. The first-order valence-corrected chi connectivity index (χ1v) is 9.50. The van der Waals surface area contributed by atoms with Crippen molar-refractivity contribution in [1.29, 1.82) is 0 Å². The first-order chi connectivity index (χ1) is 13.2. The third-order valence-electron chi connectivity index (χ3n) is 4.38. The lowest BCUT2D eigenvalue weighted by molar-refractivity contribution is -0.115. The van der Waals surface area contributed by atoms with Gasteiger partial charge in [0, 0.05) is 33.3 Å². The second-order valence-electron chi connectivity index (χ2n) is 6.46. The highest BCUT2D eigenvalue weighted by atomic mass is 32.2. The molecule has 3 rings (SSSR count). The number of halogens is 1. The zero-order valence-corrected chi connectivity index (χ0v) is 16.8. The molecule has 0 aliphatic rings. The molecule has 0 saturated carbocycles. The lowest BCUT2D eigenvalue weighted by Crippen LogP contribution is -2.37. The van der Waals surface area contributed by atoms with Crippen LogP contribution in [0.5, 0.6) is 0 Å². The average Bonchev–Trinajstić information content (AvgIpc) is 2.97. The smallest absolute Gasteiger partial charge is 0.324 e. The van der Waals surface area contributed by atoms with E-state index in [1.165, 1.54) is 35.5 Å². The van der Waals surface area contributed by atoms with Crippen LogP contribution in [0.15, 0.2) is 32.9 Å². The summed E-state index contributed by atoms with van der Waals surface area (Å²) in [5.74, 6) is -0.421. The molecule has 0 atom stereocenters. The topological polar surface area (TPSA) is 90.9 Å². The highest BCUT2D eigenvalue weighted by molar-refractivity contribution is 7.99. The van der Waals surface area contributed by atoms with Gasteiger partial charge < -0.3 is 9.88 Å². The summed E-state index contributed by atoms with van der Waals surface area (Å²) in [5, 5.41) is 3.06. The Kier molecular flexibility index (Phi) is 5.41. The van der Waals surface area contributed by atoms with Crippen LogP contribution < -0.4 is 16.6 Å². The molecule has 1 amide bonds. The van der Waals surface area contributed by atoms with E-state index < -0.39 is 17.1 Å². The quantitative estimate of drug-likeness (QED) is 0.651. The molecule has 0 unspecified atom stereocenters. The fourth-order valence-electron chi connectivity index (χ4n) is 2.86. The van der Waals surface area contributed by atoms with Gasteiger partial charge in [-0.3, -0.25) is 18.7 Å². The second-order valence-corrected chi connectivity index (χ2v) is 7.52. The predicted octanol–water partition coefficient (Wildman–Crippen LogP) is 1.54. The summed E-state index contributed by atoms with van der Waals surface area (Å²) in [5.41, 5.74) is 0.627. The molecule has 3 aromatic rings. The van der Waals surface area contributed by atoms with Crippen molar-refractivity contribution >= 4 is 34.5 Å². The van der Waals surface area contributed by atoms with E-state index in [0.717, 1.165) is 10.1 Å². The highest BCUT2D eigenvalue weighted by Crippen LogP contribution is 2.21. The summed E-state index contributed by atoms with van der Waals surface area (Å²) in [7, 11) is 4.68. The Labute approximate surface area is 164 Å². The number of fused-ring (bicyclic) bond motifs is 1. The number of nitrogens with zero attached hydrogens (tertiary/aromatic N) is 4. The molecule has 0 aliphatic carbocycles. The Hall–Kier alpha value is -2.88. The van der Waals surface area contributed by atoms with Gasteiger partial charge >= 0.3 is 5.69 Å². The number of aromatic nitrogens is 4. The third-order valence-corrected chi connectivity index (χ3v) is 5.41. The molecule has 148 valence electrons. The molecule has 1 aromatic carbocycles. The molecule has 2 aromatic heterocycles. The minimum atomic E-state index is -0.479. The molecule has 2 heterocycles. The molecule has 0 bridgehead atoms. The van der Waals surface area contributed by atoms with Gasteiger partial charge in [0.25, 0.3) is 5.56 Å². The first kappa shape index (κ1) is 19.9. The molecule has 0 aliphatic heterocycles. The molecular formula is C18H20FN5O3S. The van der Waals surface area contributed by atoms with Crippen LogP contribution in [0.25, 0.3) is 11.2 Å². The molecule has 28 heavy (non-hydrogen) atoms. The van der Waals surface area contributed by atoms with Gasteiger partial charge in [0.1, 0.15) is 5.82 Å². The lowest BCUT2D eigenvalue weighted by atomic mass is 10.2. The van der Waals surface area contributed by atoms with E-state index in [0.29, 0.717) is 16.6 Å².